The maximum Gasteiger partial charge on any atom is 0.227 e. The van der Waals surface area contributed by atoms with E-state index in [0.29, 0.717) is 13.0 Å². The highest BCUT2D eigenvalue weighted by Crippen LogP contribution is 2.17. The molecule has 116 valence electrons. The molecule has 2 aromatic rings. The van der Waals surface area contributed by atoms with E-state index in [9.17, 15) is 4.79 Å². The predicted octanol–water partition coefficient (Wildman–Crippen LogP) is 3.88. The minimum Gasteiger partial charge on any atom is -0.493 e. The molecule has 2 rings (SSSR count). The van der Waals surface area contributed by atoms with Gasteiger partial charge in [-0.2, -0.15) is 0 Å². The lowest BCUT2D eigenvalue weighted by atomic mass is 10.3. The summed E-state index contributed by atoms with van der Waals surface area (Å²) in [4.78, 5) is 11.8. The van der Waals surface area contributed by atoms with Crippen molar-refractivity contribution < 1.29 is 14.3 Å². The molecule has 0 fully saturated rings. The molecule has 0 aromatic heterocycles. The number of carbonyl (C=O) groups is 1. The van der Waals surface area contributed by atoms with Gasteiger partial charge in [0.05, 0.1) is 19.1 Å². The fraction of sp³-hybridized carbons (Fsp3) is 0.278. The summed E-state index contributed by atoms with van der Waals surface area (Å²) < 4.78 is 11.1. The van der Waals surface area contributed by atoms with Gasteiger partial charge in [0.25, 0.3) is 0 Å². The van der Waals surface area contributed by atoms with Crippen molar-refractivity contribution in [3.63, 3.8) is 0 Å². The first-order valence-electron chi connectivity index (χ1n) is 7.38. The second-order valence-corrected chi connectivity index (χ2v) is 5.15. The second kappa shape index (κ2) is 8.08. The number of carbonyl (C=O) groups excluding carboxylic acids is 1. The molecule has 0 radical (unpaired) electrons. The second-order valence-electron chi connectivity index (χ2n) is 5.15. The molecule has 4 heteroatoms. The summed E-state index contributed by atoms with van der Waals surface area (Å²) in [5.41, 5.74) is 0.751. The molecule has 0 heterocycles. The van der Waals surface area contributed by atoms with Crippen LogP contribution in [0.15, 0.2) is 54.6 Å². The molecule has 0 atom stereocenters. The van der Waals surface area contributed by atoms with Crippen LogP contribution in [0.4, 0.5) is 5.69 Å². The van der Waals surface area contributed by atoms with Crippen molar-refractivity contribution in [3.05, 3.63) is 54.6 Å². The van der Waals surface area contributed by atoms with Crippen LogP contribution in [0.1, 0.15) is 20.3 Å². The predicted molar refractivity (Wildman–Crippen MR) is 87.4 cm³/mol. The molecule has 1 amide bonds. The zero-order valence-electron chi connectivity index (χ0n) is 12.9. The van der Waals surface area contributed by atoms with Gasteiger partial charge in [0, 0.05) is 5.69 Å². The fourth-order valence-electron chi connectivity index (χ4n) is 1.89. The Morgan fingerprint density at radius 2 is 1.68 bits per heavy atom. The topological polar surface area (TPSA) is 47.6 Å². The van der Waals surface area contributed by atoms with Gasteiger partial charge in [-0.25, -0.2) is 0 Å². The van der Waals surface area contributed by atoms with Crippen LogP contribution in [0, 0.1) is 0 Å². The van der Waals surface area contributed by atoms with Crippen LogP contribution in [0.5, 0.6) is 11.5 Å². The first-order chi connectivity index (χ1) is 10.6. The number of benzene rings is 2. The number of amides is 1. The van der Waals surface area contributed by atoms with Crippen molar-refractivity contribution in [2.45, 2.75) is 26.4 Å². The van der Waals surface area contributed by atoms with Crippen molar-refractivity contribution in [1.82, 2.24) is 0 Å². The van der Waals surface area contributed by atoms with Gasteiger partial charge in [0.1, 0.15) is 11.5 Å². The van der Waals surface area contributed by atoms with E-state index in [1.807, 2.05) is 68.4 Å². The summed E-state index contributed by atoms with van der Waals surface area (Å²) >= 11 is 0. The van der Waals surface area contributed by atoms with Crippen LogP contribution >= 0.6 is 0 Å². The van der Waals surface area contributed by atoms with Crippen LogP contribution in [0.25, 0.3) is 0 Å². The van der Waals surface area contributed by atoms with Gasteiger partial charge in [-0.3, -0.25) is 4.79 Å². The Balaban J connectivity index is 1.74. The Bertz CT molecular complexity index is 579. The molecule has 0 spiro atoms. The highest BCUT2D eigenvalue weighted by Gasteiger charge is 2.04. The summed E-state index contributed by atoms with van der Waals surface area (Å²) in [5.74, 6) is 1.49. The summed E-state index contributed by atoms with van der Waals surface area (Å²) in [5, 5.41) is 2.83. The molecule has 0 aliphatic heterocycles. The van der Waals surface area contributed by atoms with Crippen LogP contribution < -0.4 is 14.8 Å². The highest BCUT2D eigenvalue weighted by atomic mass is 16.5. The van der Waals surface area contributed by atoms with E-state index < -0.39 is 0 Å². The number of anilines is 1. The molecule has 0 saturated heterocycles. The highest BCUT2D eigenvalue weighted by molar-refractivity contribution is 5.90. The normalized spacial score (nSPS) is 10.3. The molecule has 4 nitrogen and oxygen atoms in total. The maximum atomic E-state index is 11.8. The SMILES string of the molecule is CC(C)Oc1ccc(NC(=O)CCOc2ccccc2)cc1. The third kappa shape index (κ3) is 5.48. The van der Waals surface area contributed by atoms with Crippen molar-refractivity contribution in [2.24, 2.45) is 0 Å². The van der Waals surface area contributed by atoms with Crippen molar-refractivity contribution in [3.8, 4) is 11.5 Å². The van der Waals surface area contributed by atoms with E-state index >= 15 is 0 Å². The van der Waals surface area contributed by atoms with E-state index in [1.54, 1.807) is 0 Å². The van der Waals surface area contributed by atoms with Gasteiger partial charge in [-0.05, 0) is 50.2 Å². The largest absolute Gasteiger partial charge is 0.493 e. The van der Waals surface area contributed by atoms with Crippen LogP contribution in [-0.4, -0.2) is 18.6 Å². The van der Waals surface area contributed by atoms with Crippen molar-refractivity contribution >= 4 is 11.6 Å². The van der Waals surface area contributed by atoms with Gasteiger partial charge in [0.2, 0.25) is 5.91 Å². The number of para-hydroxylation sites is 1. The maximum absolute atomic E-state index is 11.8. The molecule has 0 bridgehead atoms. The molecule has 1 N–H and O–H groups in total. The molecular weight excluding hydrogens is 278 g/mol. The summed E-state index contributed by atoms with van der Waals surface area (Å²) in [7, 11) is 0. The lowest BCUT2D eigenvalue weighted by Crippen LogP contribution is -2.15. The number of hydrogen-bond donors (Lipinski definition) is 1. The Morgan fingerprint density at radius 1 is 1.00 bits per heavy atom. The number of ether oxygens (including phenoxy) is 2. The average molecular weight is 299 g/mol. The molecule has 0 aliphatic carbocycles. The quantitative estimate of drug-likeness (QED) is 0.844. The van der Waals surface area contributed by atoms with Crippen molar-refractivity contribution in [1.29, 1.82) is 0 Å². The minimum atomic E-state index is -0.0755. The van der Waals surface area contributed by atoms with Gasteiger partial charge >= 0.3 is 0 Å². The van der Waals surface area contributed by atoms with Crippen LogP contribution in [0.3, 0.4) is 0 Å². The molecule has 0 aliphatic rings. The Kier molecular flexibility index (Phi) is 5.83. The number of hydrogen-bond acceptors (Lipinski definition) is 3. The van der Waals surface area contributed by atoms with E-state index in [-0.39, 0.29) is 12.0 Å². The van der Waals surface area contributed by atoms with Crippen LogP contribution in [0.2, 0.25) is 0 Å². The fourth-order valence-corrected chi connectivity index (χ4v) is 1.89. The van der Waals surface area contributed by atoms with Gasteiger partial charge in [0.15, 0.2) is 0 Å². The zero-order valence-corrected chi connectivity index (χ0v) is 12.9. The average Bonchev–Trinajstić information content (AvgIpc) is 2.50. The minimum absolute atomic E-state index is 0.0755. The zero-order chi connectivity index (χ0) is 15.8. The molecule has 2 aromatic carbocycles. The molecule has 0 unspecified atom stereocenters. The standard InChI is InChI=1S/C18H21NO3/c1-14(2)22-17-10-8-15(9-11-17)19-18(20)12-13-21-16-6-4-3-5-7-16/h3-11,14H,12-13H2,1-2H3,(H,19,20). The summed E-state index contributed by atoms with van der Waals surface area (Å²) in [6.45, 7) is 4.30. The van der Waals surface area contributed by atoms with E-state index in [1.165, 1.54) is 0 Å². The lowest BCUT2D eigenvalue weighted by molar-refractivity contribution is -0.116. The molecule has 0 saturated carbocycles. The summed E-state index contributed by atoms with van der Waals surface area (Å²) in [6.07, 6.45) is 0.439. The van der Waals surface area contributed by atoms with Crippen molar-refractivity contribution in [2.75, 3.05) is 11.9 Å². The Morgan fingerprint density at radius 3 is 2.32 bits per heavy atom. The third-order valence-electron chi connectivity index (χ3n) is 2.85. The monoisotopic (exact) mass is 299 g/mol. The number of rotatable bonds is 7. The van der Waals surface area contributed by atoms with Gasteiger partial charge in [-0.1, -0.05) is 18.2 Å². The van der Waals surface area contributed by atoms with Crippen LogP contribution in [-0.2, 0) is 4.79 Å². The number of nitrogens with one attached hydrogen (secondary N) is 1. The van der Waals surface area contributed by atoms with E-state index in [0.717, 1.165) is 17.2 Å². The van der Waals surface area contributed by atoms with E-state index in [4.69, 9.17) is 9.47 Å². The smallest absolute Gasteiger partial charge is 0.227 e. The Hall–Kier alpha value is -2.49. The van der Waals surface area contributed by atoms with Gasteiger partial charge < -0.3 is 14.8 Å². The first kappa shape index (κ1) is 15.9. The third-order valence-corrected chi connectivity index (χ3v) is 2.85. The summed E-state index contributed by atoms with van der Waals surface area (Å²) in [6, 6.07) is 16.8. The Labute approximate surface area is 131 Å². The van der Waals surface area contributed by atoms with E-state index in [2.05, 4.69) is 5.32 Å². The lowest BCUT2D eigenvalue weighted by Gasteiger charge is -2.11. The van der Waals surface area contributed by atoms with Gasteiger partial charge in [-0.15, -0.1) is 0 Å². The molecular formula is C18H21NO3. The first-order valence-corrected chi connectivity index (χ1v) is 7.38. The molecule has 22 heavy (non-hydrogen) atoms.